The zero-order valence-electron chi connectivity index (χ0n) is 14.6. The third kappa shape index (κ3) is 4.35. The van der Waals surface area contributed by atoms with Crippen molar-refractivity contribution in [3.63, 3.8) is 0 Å². The Labute approximate surface area is 151 Å². The Morgan fingerprint density at radius 1 is 1.31 bits per heavy atom. The molecule has 1 saturated carbocycles. The second-order valence-electron chi connectivity index (χ2n) is 6.81. The Morgan fingerprint density at radius 3 is 2.58 bits per heavy atom. The van der Waals surface area contributed by atoms with Crippen LogP contribution in [-0.2, 0) is 11.8 Å². The maximum absolute atomic E-state index is 12.9. The van der Waals surface area contributed by atoms with Crippen molar-refractivity contribution in [1.82, 2.24) is 15.1 Å². The predicted molar refractivity (Wildman–Crippen MR) is 92.8 cm³/mol. The molecular formula is C19H22FN3O3. The standard InChI is InChI=1S/C19H22FN3O3/c1-23-11-14(10-21-23)19(13-8-16(24)9-13)22-18(26)7-6-17(25)12-2-4-15(20)5-3-12/h2-5,10-11,13,16,19,24H,6-9H2,1H3,(H,22,26). The van der Waals surface area contributed by atoms with Crippen LogP contribution in [0.3, 0.4) is 0 Å². The predicted octanol–water partition coefficient (Wildman–Crippen LogP) is 2.15. The first-order chi connectivity index (χ1) is 12.4. The van der Waals surface area contributed by atoms with Gasteiger partial charge in [0.25, 0.3) is 0 Å². The highest BCUT2D eigenvalue weighted by molar-refractivity contribution is 5.97. The maximum Gasteiger partial charge on any atom is 0.220 e. The molecule has 1 aromatic carbocycles. The first-order valence-electron chi connectivity index (χ1n) is 8.67. The Morgan fingerprint density at radius 2 is 2.00 bits per heavy atom. The van der Waals surface area contributed by atoms with Crippen LogP contribution in [0, 0.1) is 11.7 Å². The second kappa shape index (κ2) is 7.78. The highest BCUT2D eigenvalue weighted by Gasteiger charge is 2.36. The minimum Gasteiger partial charge on any atom is -0.393 e. The van der Waals surface area contributed by atoms with E-state index in [0.29, 0.717) is 18.4 Å². The summed E-state index contributed by atoms with van der Waals surface area (Å²) < 4.78 is 14.6. The SMILES string of the molecule is Cn1cc(C(NC(=O)CCC(=O)c2ccc(F)cc2)C2CC(O)C2)cn1. The zero-order valence-corrected chi connectivity index (χ0v) is 14.6. The van der Waals surface area contributed by atoms with Gasteiger partial charge in [0.1, 0.15) is 5.82 Å². The van der Waals surface area contributed by atoms with E-state index in [-0.39, 0.29) is 42.6 Å². The molecule has 1 aliphatic carbocycles. The molecule has 1 atom stereocenters. The first kappa shape index (κ1) is 18.3. The quantitative estimate of drug-likeness (QED) is 0.742. The van der Waals surface area contributed by atoms with Crippen molar-refractivity contribution in [3.05, 3.63) is 53.6 Å². The van der Waals surface area contributed by atoms with Gasteiger partial charge in [0.15, 0.2) is 5.78 Å². The van der Waals surface area contributed by atoms with Gasteiger partial charge in [-0.05, 0) is 43.0 Å². The number of rotatable bonds is 7. The summed E-state index contributed by atoms with van der Waals surface area (Å²) in [5.41, 5.74) is 1.28. The summed E-state index contributed by atoms with van der Waals surface area (Å²) in [6.07, 6.45) is 4.62. The largest absolute Gasteiger partial charge is 0.393 e. The van der Waals surface area contributed by atoms with E-state index in [9.17, 15) is 19.1 Å². The highest BCUT2D eigenvalue weighted by Crippen LogP contribution is 2.38. The number of carbonyl (C=O) groups is 2. The van der Waals surface area contributed by atoms with Gasteiger partial charge in [-0.3, -0.25) is 14.3 Å². The molecule has 1 aromatic heterocycles. The number of hydrogen-bond donors (Lipinski definition) is 2. The molecule has 7 heteroatoms. The fourth-order valence-electron chi connectivity index (χ4n) is 3.23. The molecule has 1 unspecified atom stereocenters. The molecule has 0 aliphatic heterocycles. The molecule has 2 aromatic rings. The van der Waals surface area contributed by atoms with Gasteiger partial charge in [0.05, 0.1) is 18.3 Å². The number of aliphatic hydroxyl groups excluding tert-OH is 1. The van der Waals surface area contributed by atoms with Crippen LogP contribution in [0.4, 0.5) is 4.39 Å². The fourth-order valence-corrected chi connectivity index (χ4v) is 3.23. The van der Waals surface area contributed by atoms with Gasteiger partial charge in [-0.1, -0.05) is 0 Å². The normalized spacial score (nSPS) is 20.3. The van der Waals surface area contributed by atoms with E-state index in [1.165, 1.54) is 24.3 Å². The lowest BCUT2D eigenvalue weighted by Crippen LogP contribution is -2.41. The number of aryl methyl sites for hydroxylation is 1. The van der Waals surface area contributed by atoms with Crippen LogP contribution in [0.15, 0.2) is 36.7 Å². The average Bonchev–Trinajstić information content (AvgIpc) is 3.02. The Bertz CT molecular complexity index is 782. The number of ketones is 1. The summed E-state index contributed by atoms with van der Waals surface area (Å²) >= 11 is 0. The number of nitrogens with one attached hydrogen (secondary N) is 1. The van der Waals surface area contributed by atoms with Gasteiger partial charge >= 0.3 is 0 Å². The molecule has 0 radical (unpaired) electrons. The number of carbonyl (C=O) groups excluding carboxylic acids is 2. The molecule has 138 valence electrons. The molecule has 6 nitrogen and oxygen atoms in total. The number of aromatic nitrogens is 2. The van der Waals surface area contributed by atoms with Crippen LogP contribution in [0.5, 0.6) is 0 Å². The van der Waals surface area contributed by atoms with E-state index in [1.54, 1.807) is 17.9 Å². The number of benzene rings is 1. The fraction of sp³-hybridized carbons (Fsp3) is 0.421. The van der Waals surface area contributed by atoms with Gasteiger partial charge in [-0.15, -0.1) is 0 Å². The molecule has 1 amide bonds. The Balaban J connectivity index is 1.57. The van der Waals surface area contributed by atoms with Crippen LogP contribution < -0.4 is 5.32 Å². The molecule has 26 heavy (non-hydrogen) atoms. The Kier molecular flexibility index (Phi) is 5.46. The van der Waals surface area contributed by atoms with Gasteiger partial charge in [-0.25, -0.2) is 4.39 Å². The summed E-state index contributed by atoms with van der Waals surface area (Å²) in [4.78, 5) is 24.5. The van der Waals surface area contributed by atoms with Crippen molar-refractivity contribution in [2.45, 2.75) is 37.8 Å². The number of nitrogens with zero attached hydrogens (tertiary/aromatic N) is 2. The van der Waals surface area contributed by atoms with Crippen LogP contribution in [0.1, 0.15) is 47.6 Å². The number of halogens is 1. The first-order valence-corrected chi connectivity index (χ1v) is 8.67. The summed E-state index contributed by atoms with van der Waals surface area (Å²) in [5, 5.41) is 16.7. The monoisotopic (exact) mass is 359 g/mol. The van der Waals surface area contributed by atoms with Crippen molar-refractivity contribution in [1.29, 1.82) is 0 Å². The van der Waals surface area contributed by atoms with Crippen LogP contribution in [0.25, 0.3) is 0 Å². The third-order valence-electron chi connectivity index (χ3n) is 4.77. The molecule has 1 aliphatic rings. The lowest BCUT2D eigenvalue weighted by molar-refractivity contribution is -0.123. The third-order valence-corrected chi connectivity index (χ3v) is 4.77. The lowest BCUT2D eigenvalue weighted by atomic mass is 9.75. The molecule has 1 heterocycles. The van der Waals surface area contributed by atoms with E-state index >= 15 is 0 Å². The molecule has 0 bridgehead atoms. The van der Waals surface area contributed by atoms with E-state index in [2.05, 4.69) is 10.4 Å². The number of amides is 1. The van der Waals surface area contributed by atoms with E-state index in [4.69, 9.17) is 0 Å². The van der Waals surface area contributed by atoms with Gasteiger partial charge in [0.2, 0.25) is 5.91 Å². The van der Waals surface area contributed by atoms with E-state index in [0.717, 1.165) is 5.56 Å². The minimum absolute atomic E-state index is 0.0578. The van der Waals surface area contributed by atoms with Gasteiger partial charge < -0.3 is 10.4 Å². The molecule has 0 saturated heterocycles. The average molecular weight is 359 g/mol. The topological polar surface area (TPSA) is 84.2 Å². The van der Waals surface area contributed by atoms with Crippen molar-refractivity contribution < 1.29 is 19.1 Å². The van der Waals surface area contributed by atoms with Crippen LogP contribution in [0.2, 0.25) is 0 Å². The lowest BCUT2D eigenvalue weighted by Gasteiger charge is -2.37. The molecular weight excluding hydrogens is 337 g/mol. The van der Waals surface area contributed by atoms with Crippen molar-refractivity contribution in [3.8, 4) is 0 Å². The van der Waals surface area contributed by atoms with Gasteiger partial charge in [-0.2, -0.15) is 5.10 Å². The molecule has 0 spiro atoms. The zero-order chi connectivity index (χ0) is 18.7. The second-order valence-corrected chi connectivity index (χ2v) is 6.81. The van der Waals surface area contributed by atoms with E-state index < -0.39 is 5.82 Å². The van der Waals surface area contributed by atoms with Crippen molar-refractivity contribution in [2.24, 2.45) is 13.0 Å². The Hall–Kier alpha value is -2.54. The molecule has 3 rings (SSSR count). The summed E-state index contributed by atoms with van der Waals surface area (Å²) in [5.74, 6) is -0.667. The number of Topliss-reactive ketones (excluding diaryl/α,β-unsaturated/α-hetero) is 1. The number of aliphatic hydroxyl groups is 1. The van der Waals surface area contributed by atoms with Gasteiger partial charge in [0, 0.05) is 37.2 Å². The smallest absolute Gasteiger partial charge is 0.220 e. The number of hydrogen-bond acceptors (Lipinski definition) is 4. The highest BCUT2D eigenvalue weighted by atomic mass is 19.1. The summed E-state index contributed by atoms with van der Waals surface area (Å²) in [6.45, 7) is 0. The van der Waals surface area contributed by atoms with E-state index in [1.807, 2.05) is 6.20 Å². The molecule has 2 N–H and O–H groups in total. The molecule has 1 fully saturated rings. The summed E-state index contributed by atoms with van der Waals surface area (Å²) in [6, 6.07) is 5.08. The van der Waals surface area contributed by atoms with Crippen LogP contribution >= 0.6 is 0 Å². The maximum atomic E-state index is 12.9. The minimum atomic E-state index is -0.402. The van der Waals surface area contributed by atoms with Crippen molar-refractivity contribution >= 4 is 11.7 Å². The van der Waals surface area contributed by atoms with Crippen molar-refractivity contribution in [2.75, 3.05) is 0 Å². The summed E-state index contributed by atoms with van der Waals surface area (Å²) in [7, 11) is 1.80. The van der Waals surface area contributed by atoms with Crippen LogP contribution in [-0.4, -0.2) is 32.7 Å².